The molecule has 0 aliphatic carbocycles. The summed E-state index contributed by atoms with van der Waals surface area (Å²) in [6, 6.07) is 19.1. The van der Waals surface area contributed by atoms with Crippen molar-refractivity contribution in [1.82, 2.24) is 15.5 Å². The summed E-state index contributed by atoms with van der Waals surface area (Å²) in [5, 5.41) is 9.80. The van der Waals surface area contributed by atoms with E-state index in [0.29, 0.717) is 19.0 Å². The summed E-state index contributed by atoms with van der Waals surface area (Å²) < 4.78 is 0. The number of benzene rings is 2. The van der Waals surface area contributed by atoms with Gasteiger partial charge in [-0.05, 0) is 37.6 Å². The summed E-state index contributed by atoms with van der Waals surface area (Å²) in [6.45, 7) is 10.7. The monoisotopic (exact) mass is 576 g/mol. The average molecular weight is 577 g/mol. The minimum Gasteiger partial charge on any atom is -0.369 e. The number of anilines is 2. The van der Waals surface area contributed by atoms with E-state index >= 15 is 0 Å². The molecule has 2 unspecified atom stereocenters. The lowest BCUT2D eigenvalue weighted by atomic mass is 9.90. The van der Waals surface area contributed by atoms with Gasteiger partial charge in [-0.3, -0.25) is 14.7 Å². The first-order chi connectivity index (χ1) is 16.1. The molecule has 4 rings (SSSR count). The molecule has 0 spiro atoms. The number of amides is 1. The largest absolute Gasteiger partial charge is 0.369 e. The van der Waals surface area contributed by atoms with E-state index in [4.69, 9.17) is 4.99 Å². The Morgan fingerprint density at radius 1 is 1.06 bits per heavy atom. The Kier molecular flexibility index (Phi) is 10.0. The highest BCUT2D eigenvalue weighted by Gasteiger charge is 2.25. The molecule has 2 heterocycles. The number of nitrogens with one attached hydrogen (secondary N) is 3. The van der Waals surface area contributed by atoms with Crippen LogP contribution < -0.4 is 20.9 Å². The van der Waals surface area contributed by atoms with Crippen LogP contribution in [-0.4, -0.2) is 68.6 Å². The van der Waals surface area contributed by atoms with Crippen molar-refractivity contribution in [1.29, 1.82) is 0 Å². The Labute approximate surface area is 220 Å². The molecule has 2 atom stereocenters. The molecule has 184 valence electrons. The Balaban J connectivity index is 0.00000324. The fourth-order valence-corrected chi connectivity index (χ4v) is 4.64. The minimum absolute atomic E-state index is 0. The zero-order valence-electron chi connectivity index (χ0n) is 20.2. The highest BCUT2D eigenvalue weighted by Crippen LogP contribution is 2.31. The molecule has 0 saturated carbocycles. The van der Waals surface area contributed by atoms with Crippen LogP contribution in [0.2, 0.25) is 0 Å². The van der Waals surface area contributed by atoms with Crippen LogP contribution in [0, 0.1) is 0 Å². The third kappa shape index (κ3) is 6.85. The number of para-hydroxylation sites is 2. The van der Waals surface area contributed by atoms with E-state index in [0.717, 1.165) is 50.9 Å². The van der Waals surface area contributed by atoms with E-state index < -0.39 is 0 Å². The van der Waals surface area contributed by atoms with E-state index in [1.54, 1.807) is 0 Å². The van der Waals surface area contributed by atoms with Crippen molar-refractivity contribution in [3.05, 3.63) is 60.2 Å². The van der Waals surface area contributed by atoms with Gasteiger partial charge < -0.3 is 20.9 Å². The standard InChI is InChI=1S/C26H36N6O.HI/c1-3-27-26(29-19-21-17-25(33)30-24-12-8-7-11-23(21)24)28-18-20(2)31-13-15-32(16-14-31)22-9-5-4-6-10-22;/h4-12,20-21H,3,13-19H2,1-2H3,(H,30,33)(H2,27,28,29);1H. The van der Waals surface area contributed by atoms with Gasteiger partial charge >= 0.3 is 0 Å². The van der Waals surface area contributed by atoms with Crippen molar-refractivity contribution in [2.45, 2.75) is 32.2 Å². The van der Waals surface area contributed by atoms with Gasteiger partial charge in [0.05, 0.1) is 6.54 Å². The highest BCUT2D eigenvalue weighted by atomic mass is 127. The molecule has 2 aromatic rings. The molecule has 7 nitrogen and oxygen atoms in total. The van der Waals surface area contributed by atoms with E-state index in [2.05, 4.69) is 76.0 Å². The lowest BCUT2D eigenvalue weighted by Gasteiger charge is -2.38. The third-order valence-corrected chi connectivity index (χ3v) is 6.54. The summed E-state index contributed by atoms with van der Waals surface area (Å²) >= 11 is 0. The maximum atomic E-state index is 12.1. The minimum atomic E-state index is 0. The van der Waals surface area contributed by atoms with Crippen LogP contribution in [0.5, 0.6) is 0 Å². The molecular weight excluding hydrogens is 539 g/mol. The highest BCUT2D eigenvalue weighted by molar-refractivity contribution is 14.0. The van der Waals surface area contributed by atoms with Gasteiger partial charge in [0.15, 0.2) is 5.96 Å². The molecule has 8 heteroatoms. The first-order valence-electron chi connectivity index (χ1n) is 12.1. The van der Waals surface area contributed by atoms with Crippen LogP contribution in [0.25, 0.3) is 0 Å². The molecule has 34 heavy (non-hydrogen) atoms. The van der Waals surface area contributed by atoms with Gasteiger partial charge in [-0.2, -0.15) is 0 Å². The lowest BCUT2D eigenvalue weighted by Crippen LogP contribution is -2.50. The van der Waals surface area contributed by atoms with Crippen molar-refractivity contribution >= 4 is 47.2 Å². The van der Waals surface area contributed by atoms with E-state index in [1.807, 2.05) is 18.2 Å². The molecule has 0 radical (unpaired) electrons. The van der Waals surface area contributed by atoms with Crippen molar-refractivity contribution in [3.8, 4) is 0 Å². The van der Waals surface area contributed by atoms with Gasteiger partial charge in [0.25, 0.3) is 0 Å². The Morgan fingerprint density at radius 3 is 2.50 bits per heavy atom. The SMILES string of the molecule is CCNC(=NCC(C)N1CCN(c2ccccc2)CC1)NCC1CC(=O)Nc2ccccc21.I. The molecular formula is C26H37IN6O. The number of carbonyl (C=O) groups is 1. The van der Waals surface area contributed by atoms with Crippen LogP contribution in [-0.2, 0) is 4.79 Å². The number of fused-ring (bicyclic) bond motifs is 1. The summed E-state index contributed by atoms with van der Waals surface area (Å²) in [5.41, 5.74) is 3.41. The number of carbonyl (C=O) groups excluding carboxylic acids is 1. The number of piperazine rings is 1. The Bertz CT molecular complexity index is 945. The first-order valence-corrected chi connectivity index (χ1v) is 12.1. The third-order valence-electron chi connectivity index (χ3n) is 6.54. The predicted octanol–water partition coefficient (Wildman–Crippen LogP) is 3.50. The van der Waals surface area contributed by atoms with Crippen LogP contribution in [0.3, 0.4) is 0 Å². The van der Waals surface area contributed by atoms with Gasteiger partial charge in [-0.1, -0.05) is 36.4 Å². The van der Waals surface area contributed by atoms with Crippen molar-refractivity contribution in [3.63, 3.8) is 0 Å². The second-order valence-corrected chi connectivity index (χ2v) is 8.84. The molecule has 1 amide bonds. The molecule has 2 aliphatic heterocycles. The first kappa shape index (κ1) is 26.3. The molecule has 0 bridgehead atoms. The van der Waals surface area contributed by atoms with E-state index in [-0.39, 0.29) is 35.8 Å². The summed E-state index contributed by atoms with van der Waals surface area (Å²) in [5.74, 6) is 1.03. The van der Waals surface area contributed by atoms with Crippen LogP contribution >= 0.6 is 24.0 Å². The lowest BCUT2D eigenvalue weighted by molar-refractivity contribution is -0.116. The second kappa shape index (κ2) is 12.9. The normalized spacial score (nSPS) is 19.5. The number of hydrogen-bond acceptors (Lipinski definition) is 4. The molecule has 1 fully saturated rings. The van der Waals surface area contributed by atoms with Gasteiger partial charge in [-0.25, -0.2) is 0 Å². The Morgan fingerprint density at radius 2 is 1.76 bits per heavy atom. The summed E-state index contributed by atoms with van der Waals surface area (Å²) in [7, 11) is 0. The van der Waals surface area contributed by atoms with Crippen LogP contribution in [0.1, 0.15) is 31.7 Å². The van der Waals surface area contributed by atoms with Crippen LogP contribution in [0.15, 0.2) is 59.6 Å². The number of halogens is 1. The molecule has 0 aromatic heterocycles. The topological polar surface area (TPSA) is 72.0 Å². The van der Waals surface area contributed by atoms with Gasteiger partial charge in [0, 0.05) is 69.0 Å². The fraction of sp³-hybridized carbons (Fsp3) is 0.462. The van der Waals surface area contributed by atoms with E-state index in [1.165, 1.54) is 11.3 Å². The average Bonchev–Trinajstić information content (AvgIpc) is 2.86. The Hall–Kier alpha value is -2.33. The number of nitrogens with zero attached hydrogens (tertiary/aromatic N) is 3. The molecule has 2 aromatic carbocycles. The quantitative estimate of drug-likeness (QED) is 0.268. The smallest absolute Gasteiger partial charge is 0.225 e. The van der Waals surface area contributed by atoms with Gasteiger partial charge in [0.1, 0.15) is 0 Å². The molecule has 3 N–H and O–H groups in total. The number of rotatable bonds is 7. The maximum Gasteiger partial charge on any atom is 0.225 e. The van der Waals surface area contributed by atoms with Crippen molar-refractivity contribution < 1.29 is 4.79 Å². The number of hydrogen-bond donors (Lipinski definition) is 3. The fourth-order valence-electron chi connectivity index (χ4n) is 4.64. The molecule has 1 saturated heterocycles. The predicted molar refractivity (Wildman–Crippen MR) is 152 cm³/mol. The van der Waals surface area contributed by atoms with Crippen LogP contribution in [0.4, 0.5) is 11.4 Å². The number of aliphatic imine (C=N–C) groups is 1. The summed E-state index contributed by atoms with van der Waals surface area (Å²) in [6.07, 6.45) is 0.492. The molecule has 2 aliphatic rings. The zero-order chi connectivity index (χ0) is 23.0. The second-order valence-electron chi connectivity index (χ2n) is 8.84. The van der Waals surface area contributed by atoms with Gasteiger partial charge in [-0.15, -0.1) is 24.0 Å². The van der Waals surface area contributed by atoms with E-state index in [9.17, 15) is 4.79 Å². The summed E-state index contributed by atoms with van der Waals surface area (Å²) in [4.78, 5) is 22.0. The van der Waals surface area contributed by atoms with Gasteiger partial charge in [0.2, 0.25) is 5.91 Å². The maximum absolute atomic E-state index is 12.1. The van der Waals surface area contributed by atoms with Crippen molar-refractivity contribution in [2.75, 3.05) is 56.0 Å². The number of guanidine groups is 1. The van der Waals surface area contributed by atoms with Crippen molar-refractivity contribution in [2.24, 2.45) is 4.99 Å². The zero-order valence-corrected chi connectivity index (χ0v) is 22.5.